The van der Waals surface area contributed by atoms with Crippen molar-refractivity contribution < 1.29 is 4.79 Å². The van der Waals surface area contributed by atoms with Gasteiger partial charge >= 0.3 is 0 Å². The third-order valence-electron chi connectivity index (χ3n) is 3.44. The van der Waals surface area contributed by atoms with Gasteiger partial charge in [-0.05, 0) is 35.3 Å². The van der Waals surface area contributed by atoms with E-state index in [1.807, 2.05) is 0 Å². The van der Waals surface area contributed by atoms with Crippen LogP contribution in [0, 0.1) is 10.8 Å². The lowest BCUT2D eigenvalue weighted by atomic mass is 9.63. The standard InChI is InChI=1S/C12H21N5O/c1-11(2)5-8(6-12(3,4)7-11)13-10(18)9-14-16-17-15-9/h8H,5-7H2,1-4H3,(H,13,18)(H,14,15,16,17). The van der Waals surface area contributed by atoms with E-state index in [4.69, 9.17) is 0 Å². The Bertz CT molecular complexity index is 408. The minimum atomic E-state index is -0.248. The van der Waals surface area contributed by atoms with Crippen molar-refractivity contribution in [3.05, 3.63) is 5.82 Å². The summed E-state index contributed by atoms with van der Waals surface area (Å²) < 4.78 is 0. The normalized spacial score (nSPS) is 22.7. The highest BCUT2D eigenvalue weighted by atomic mass is 16.2. The largest absolute Gasteiger partial charge is 0.346 e. The number of H-pyrrole nitrogens is 1. The van der Waals surface area contributed by atoms with Gasteiger partial charge in [0, 0.05) is 6.04 Å². The van der Waals surface area contributed by atoms with Crippen LogP contribution in [0.3, 0.4) is 0 Å². The first-order valence-corrected chi connectivity index (χ1v) is 6.32. The van der Waals surface area contributed by atoms with Gasteiger partial charge < -0.3 is 5.32 Å². The summed E-state index contributed by atoms with van der Waals surface area (Å²) in [5, 5.41) is 16.1. The summed E-state index contributed by atoms with van der Waals surface area (Å²) in [6, 6.07) is 0.176. The number of amides is 1. The van der Waals surface area contributed by atoms with Crippen molar-refractivity contribution in [2.75, 3.05) is 0 Å². The second-order valence-electron chi connectivity index (χ2n) is 6.82. The maximum absolute atomic E-state index is 11.9. The Labute approximate surface area is 107 Å². The molecule has 6 heteroatoms. The molecular weight excluding hydrogens is 230 g/mol. The summed E-state index contributed by atoms with van der Waals surface area (Å²) in [6.07, 6.45) is 3.15. The number of nitrogens with one attached hydrogen (secondary N) is 2. The van der Waals surface area contributed by atoms with Crippen molar-refractivity contribution >= 4 is 5.91 Å². The summed E-state index contributed by atoms with van der Waals surface area (Å²) in [7, 11) is 0. The highest BCUT2D eigenvalue weighted by Gasteiger charge is 2.39. The van der Waals surface area contributed by atoms with Crippen LogP contribution in [0.2, 0.25) is 0 Å². The number of nitrogens with zero attached hydrogens (tertiary/aromatic N) is 3. The Morgan fingerprint density at radius 1 is 1.28 bits per heavy atom. The topological polar surface area (TPSA) is 83.6 Å². The number of carbonyl (C=O) groups excluding carboxylic acids is 1. The molecular formula is C12H21N5O. The van der Waals surface area contributed by atoms with E-state index in [0.29, 0.717) is 0 Å². The van der Waals surface area contributed by atoms with E-state index in [1.165, 1.54) is 6.42 Å². The summed E-state index contributed by atoms with van der Waals surface area (Å²) in [5.41, 5.74) is 0.494. The fourth-order valence-corrected chi connectivity index (χ4v) is 3.46. The van der Waals surface area contributed by atoms with Gasteiger partial charge in [0.25, 0.3) is 11.7 Å². The van der Waals surface area contributed by atoms with Crippen LogP contribution in [-0.4, -0.2) is 32.6 Å². The molecule has 0 radical (unpaired) electrons. The van der Waals surface area contributed by atoms with Crippen molar-refractivity contribution in [2.45, 2.75) is 53.0 Å². The van der Waals surface area contributed by atoms with Gasteiger partial charge in [0.15, 0.2) is 0 Å². The second-order valence-corrected chi connectivity index (χ2v) is 6.82. The third-order valence-corrected chi connectivity index (χ3v) is 3.44. The molecule has 1 heterocycles. The van der Waals surface area contributed by atoms with E-state index in [9.17, 15) is 4.79 Å². The Hall–Kier alpha value is -1.46. The first kappa shape index (κ1) is 13.0. The molecule has 0 bridgehead atoms. The number of tetrazole rings is 1. The Morgan fingerprint density at radius 2 is 1.89 bits per heavy atom. The van der Waals surface area contributed by atoms with Gasteiger partial charge in [0.2, 0.25) is 0 Å². The molecule has 1 fully saturated rings. The number of hydrogen-bond donors (Lipinski definition) is 2. The third kappa shape index (κ3) is 3.05. The van der Waals surface area contributed by atoms with Gasteiger partial charge in [-0.3, -0.25) is 4.79 Å². The molecule has 0 unspecified atom stereocenters. The number of hydrogen-bond acceptors (Lipinski definition) is 4. The number of carbonyl (C=O) groups is 1. The number of rotatable bonds is 2. The zero-order valence-corrected chi connectivity index (χ0v) is 11.4. The number of aromatic amines is 1. The molecule has 0 aliphatic heterocycles. The van der Waals surface area contributed by atoms with E-state index < -0.39 is 0 Å². The Balaban J connectivity index is 2.03. The van der Waals surface area contributed by atoms with E-state index >= 15 is 0 Å². The van der Waals surface area contributed by atoms with Crippen LogP contribution in [0.4, 0.5) is 0 Å². The highest BCUT2D eigenvalue weighted by Crippen LogP contribution is 2.45. The van der Waals surface area contributed by atoms with Crippen LogP contribution < -0.4 is 5.32 Å². The van der Waals surface area contributed by atoms with Crippen molar-refractivity contribution in [1.82, 2.24) is 25.9 Å². The van der Waals surface area contributed by atoms with Gasteiger partial charge in [-0.15, -0.1) is 10.2 Å². The zero-order valence-electron chi connectivity index (χ0n) is 11.4. The zero-order chi connectivity index (χ0) is 13.4. The molecule has 100 valence electrons. The SMILES string of the molecule is CC1(C)CC(NC(=O)c2nn[nH]n2)CC(C)(C)C1. The smallest absolute Gasteiger partial charge is 0.293 e. The van der Waals surface area contributed by atoms with E-state index in [2.05, 4.69) is 53.6 Å². The van der Waals surface area contributed by atoms with Crippen molar-refractivity contribution in [1.29, 1.82) is 0 Å². The fourth-order valence-electron chi connectivity index (χ4n) is 3.46. The molecule has 6 nitrogen and oxygen atoms in total. The lowest BCUT2D eigenvalue weighted by molar-refractivity contribution is 0.0707. The first-order chi connectivity index (χ1) is 8.27. The molecule has 2 N–H and O–H groups in total. The summed E-state index contributed by atoms with van der Waals surface area (Å²) in [6.45, 7) is 9.01. The Morgan fingerprint density at radius 3 is 2.39 bits per heavy atom. The molecule has 1 amide bonds. The van der Waals surface area contributed by atoms with Gasteiger partial charge in [-0.25, -0.2) is 0 Å². The predicted octanol–water partition coefficient (Wildman–Crippen LogP) is 1.53. The van der Waals surface area contributed by atoms with Crippen LogP contribution in [0.5, 0.6) is 0 Å². The van der Waals surface area contributed by atoms with Crippen molar-refractivity contribution in [3.63, 3.8) is 0 Å². The highest BCUT2D eigenvalue weighted by molar-refractivity contribution is 5.90. The predicted molar refractivity (Wildman–Crippen MR) is 66.8 cm³/mol. The summed E-state index contributed by atoms with van der Waals surface area (Å²) >= 11 is 0. The average molecular weight is 251 g/mol. The lowest BCUT2D eigenvalue weighted by Gasteiger charge is -2.45. The minimum Gasteiger partial charge on any atom is -0.346 e. The Kier molecular flexibility index (Phi) is 3.12. The molecule has 1 saturated carbocycles. The lowest BCUT2D eigenvalue weighted by Crippen LogP contribution is -2.46. The van der Waals surface area contributed by atoms with Gasteiger partial charge in [0.05, 0.1) is 0 Å². The van der Waals surface area contributed by atoms with Gasteiger partial charge in [-0.1, -0.05) is 27.7 Å². The molecule has 0 saturated heterocycles. The van der Waals surface area contributed by atoms with E-state index in [0.717, 1.165) is 12.8 Å². The molecule has 0 atom stereocenters. The number of aromatic nitrogens is 4. The van der Waals surface area contributed by atoms with Crippen LogP contribution in [0.15, 0.2) is 0 Å². The van der Waals surface area contributed by atoms with Crippen molar-refractivity contribution in [3.8, 4) is 0 Å². The van der Waals surface area contributed by atoms with Gasteiger partial charge in [-0.2, -0.15) is 5.21 Å². The van der Waals surface area contributed by atoms with Crippen LogP contribution >= 0.6 is 0 Å². The van der Waals surface area contributed by atoms with Crippen LogP contribution in [-0.2, 0) is 0 Å². The van der Waals surface area contributed by atoms with E-state index in [1.54, 1.807) is 0 Å². The maximum Gasteiger partial charge on any atom is 0.293 e. The quantitative estimate of drug-likeness (QED) is 0.835. The fraction of sp³-hybridized carbons (Fsp3) is 0.833. The van der Waals surface area contributed by atoms with Crippen LogP contribution in [0.1, 0.15) is 57.6 Å². The molecule has 1 aromatic heterocycles. The van der Waals surface area contributed by atoms with Gasteiger partial charge in [0.1, 0.15) is 0 Å². The molecule has 1 aliphatic carbocycles. The second kappa shape index (κ2) is 4.33. The summed E-state index contributed by atoms with van der Waals surface area (Å²) in [5.74, 6) is -0.140. The summed E-state index contributed by atoms with van der Waals surface area (Å²) in [4.78, 5) is 11.9. The van der Waals surface area contributed by atoms with Crippen LogP contribution in [0.25, 0.3) is 0 Å². The average Bonchev–Trinajstić information content (AvgIpc) is 2.63. The molecule has 2 rings (SSSR count). The maximum atomic E-state index is 11.9. The van der Waals surface area contributed by atoms with Crippen molar-refractivity contribution in [2.24, 2.45) is 10.8 Å². The first-order valence-electron chi connectivity index (χ1n) is 6.32. The molecule has 0 spiro atoms. The molecule has 18 heavy (non-hydrogen) atoms. The molecule has 1 aliphatic rings. The molecule has 1 aromatic rings. The molecule has 0 aromatic carbocycles. The monoisotopic (exact) mass is 251 g/mol. The van der Waals surface area contributed by atoms with E-state index in [-0.39, 0.29) is 28.6 Å². The minimum absolute atomic E-state index is 0.108.